The first kappa shape index (κ1) is 17.7. The zero-order chi connectivity index (χ0) is 18.9. The van der Waals surface area contributed by atoms with Gasteiger partial charge in [-0.25, -0.2) is 0 Å². The van der Waals surface area contributed by atoms with Gasteiger partial charge in [-0.3, -0.25) is 9.59 Å². The largest absolute Gasteiger partial charge is 0.336 e. The van der Waals surface area contributed by atoms with Crippen LogP contribution in [0.1, 0.15) is 34.3 Å². The van der Waals surface area contributed by atoms with Crippen LogP contribution in [0.5, 0.6) is 0 Å². The van der Waals surface area contributed by atoms with E-state index in [1.165, 1.54) is 11.1 Å². The number of nitrogens with zero attached hydrogens (tertiary/aromatic N) is 2. The molecular weight excluding hydrogens is 338 g/mol. The highest BCUT2D eigenvalue weighted by atomic mass is 16.2. The smallest absolute Gasteiger partial charge is 0.253 e. The lowest BCUT2D eigenvalue weighted by atomic mass is 9.77. The molecule has 5 heteroatoms. The SMILES string of the molecule is NCC(=O)N1Cc2ccccc2CC12CCCN(C(=O)c1ccccc1)C2. The number of carbonyl (C=O) groups excluding carboxylic acids is 2. The van der Waals surface area contributed by atoms with Gasteiger partial charge in [-0.05, 0) is 42.5 Å². The molecule has 5 nitrogen and oxygen atoms in total. The predicted octanol–water partition coefficient (Wildman–Crippen LogP) is 2.20. The molecule has 0 bridgehead atoms. The molecule has 2 aliphatic heterocycles. The third-order valence-electron chi connectivity index (χ3n) is 5.88. The lowest BCUT2D eigenvalue weighted by Gasteiger charge is -2.52. The minimum absolute atomic E-state index is 0.00342. The van der Waals surface area contributed by atoms with Crippen molar-refractivity contribution in [2.45, 2.75) is 31.3 Å². The monoisotopic (exact) mass is 363 g/mol. The summed E-state index contributed by atoms with van der Waals surface area (Å²) in [5.41, 5.74) is 8.50. The summed E-state index contributed by atoms with van der Waals surface area (Å²) in [5, 5.41) is 0. The molecule has 2 aromatic rings. The Kier molecular flexibility index (Phi) is 4.70. The molecule has 140 valence electrons. The summed E-state index contributed by atoms with van der Waals surface area (Å²) in [4.78, 5) is 29.5. The van der Waals surface area contributed by atoms with Crippen molar-refractivity contribution >= 4 is 11.8 Å². The van der Waals surface area contributed by atoms with E-state index < -0.39 is 0 Å². The molecule has 2 amide bonds. The van der Waals surface area contributed by atoms with Gasteiger partial charge in [-0.2, -0.15) is 0 Å². The summed E-state index contributed by atoms with van der Waals surface area (Å²) >= 11 is 0. The van der Waals surface area contributed by atoms with Crippen molar-refractivity contribution in [1.82, 2.24) is 9.80 Å². The van der Waals surface area contributed by atoms with E-state index in [-0.39, 0.29) is 23.9 Å². The van der Waals surface area contributed by atoms with Crippen molar-refractivity contribution in [1.29, 1.82) is 0 Å². The first-order valence-electron chi connectivity index (χ1n) is 9.55. The van der Waals surface area contributed by atoms with Crippen LogP contribution in [0.25, 0.3) is 0 Å². The molecule has 0 aromatic heterocycles. The van der Waals surface area contributed by atoms with E-state index in [4.69, 9.17) is 5.73 Å². The molecule has 1 atom stereocenters. The Bertz CT molecular complexity index is 852. The van der Waals surface area contributed by atoms with Crippen molar-refractivity contribution in [2.24, 2.45) is 5.73 Å². The molecule has 1 unspecified atom stereocenters. The van der Waals surface area contributed by atoms with Gasteiger partial charge < -0.3 is 15.5 Å². The molecule has 0 radical (unpaired) electrons. The average molecular weight is 363 g/mol. The Hall–Kier alpha value is -2.66. The molecule has 2 heterocycles. The van der Waals surface area contributed by atoms with Gasteiger partial charge in [0, 0.05) is 25.2 Å². The van der Waals surface area contributed by atoms with Gasteiger partial charge in [0.25, 0.3) is 5.91 Å². The molecule has 4 rings (SSSR count). The van der Waals surface area contributed by atoms with Crippen LogP contribution in [-0.2, 0) is 17.8 Å². The number of nitrogens with two attached hydrogens (primary N) is 1. The summed E-state index contributed by atoms with van der Waals surface area (Å²) in [6.45, 7) is 1.85. The zero-order valence-corrected chi connectivity index (χ0v) is 15.4. The Labute approximate surface area is 159 Å². The number of fused-ring (bicyclic) bond motifs is 1. The first-order valence-corrected chi connectivity index (χ1v) is 9.55. The van der Waals surface area contributed by atoms with Crippen LogP contribution in [0.4, 0.5) is 0 Å². The van der Waals surface area contributed by atoms with Crippen LogP contribution in [0, 0.1) is 0 Å². The molecule has 27 heavy (non-hydrogen) atoms. The number of piperidine rings is 1. The van der Waals surface area contributed by atoms with E-state index in [0.29, 0.717) is 18.7 Å². The second-order valence-electron chi connectivity index (χ2n) is 7.55. The number of benzene rings is 2. The van der Waals surface area contributed by atoms with E-state index in [0.717, 1.165) is 25.8 Å². The van der Waals surface area contributed by atoms with Gasteiger partial charge in [-0.15, -0.1) is 0 Å². The third kappa shape index (κ3) is 3.23. The van der Waals surface area contributed by atoms with Crippen LogP contribution in [0.15, 0.2) is 54.6 Å². The number of likely N-dealkylation sites (tertiary alicyclic amines) is 1. The standard InChI is InChI=1S/C22H25N3O2/c23-14-20(26)25-15-19-10-5-4-9-18(19)13-22(25)11-6-12-24(16-22)21(27)17-7-2-1-3-8-17/h1-5,7-10H,6,11-16,23H2. The van der Waals surface area contributed by atoms with Gasteiger partial charge >= 0.3 is 0 Å². The number of hydrogen-bond donors (Lipinski definition) is 1. The maximum atomic E-state index is 13.0. The van der Waals surface area contributed by atoms with Crippen molar-refractivity contribution in [3.05, 3.63) is 71.3 Å². The highest BCUT2D eigenvalue weighted by molar-refractivity contribution is 5.94. The molecule has 2 N–H and O–H groups in total. The number of amides is 2. The average Bonchev–Trinajstić information content (AvgIpc) is 2.73. The number of carbonyl (C=O) groups is 2. The fourth-order valence-electron chi connectivity index (χ4n) is 4.55. The zero-order valence-electron chi connectivity index (χ0n) is 15.4. The Morgan fingerprint density at radius 2 is 1.70 bits per heavy atom. The van der Waals surface area contributed by atoms with Crippen molar-refractivity contribution in [2.75, 3.05) is 19.6 Å². The molecule has 1 spiro atoms. The quantitative estimate of drug-likeness (QED) is 0.890. The van der Waals surface area contributed by atoms with Gasteiger partial charge in [-0.1, -0.05) is 42.5 Å². The first-order chi connectivity index (χ1) is 13.1. The lowest BCUT2D eigenvalue weighted by Crippen LogP contribution is -2.64. The second kappa shape index (κ2) is 7.16. The van der Waals surface area contributed by atoms with Crippen molar-refractivity contribution < 1.29 is 9.59 Å². The topological polar surface area (TPSA) is 66.6 Å². The van der Waals surface area contributed by atoms with Crippen LogP contribution in [0.2, 0.25) is 0 Å². The maximum Gasteiger partial charge on any atom is 0.253 e. The Morgan fingerprint density at radius 3 is 2.44 bits per heavy atom. The summed E-state index contributed by atoms with van der Waals surface area (Å²) in [6, 6.07) is 17.6. The fraction of sp³-hybridized carbons (Fsp3) is 0.364. The summed E-state index contributed by atoms with van der Waals surface area (Å²) in [5.74, 6) is -0.00723. The van der Waals surface area contributed by atoms with E-state index >= 15 is 0 Å². The van der Waals surface area contributed by atoms with E-state index in [9.17, 15) is 9.59 Å². The van der Waals surface area contributed by atoms with Crippen LogP contribution in [-0.4, -0.2) is 46.8 Å². The molecule has 1 fully saturated rings. The molecule has 2 aromatic carbocycles. The number of rotatable bonds is 2. The Morgan fingerprint density at radius 1 is 1.00 bits per heavy atom. The van der Waals surface area contributed by atoms with Gasteiger partial charge in [0.05, 0.1) is 12.1 Å². The normalized spacial score (nSPS) is 21.8. The van der Waals surface area contributed by atoms with Crippen LogP contribution in [0.3, 0.4) is 0 Å². The van der Waals surface area contributed by atoms with Gasteiger partial charge in [0.15, 0.2) is 0 Å². The molecule has 0 aliphatic carbocycles. The predicted molar refractivity (Wildman–Crippen MR) is 104 cm³/mol. The summed E-state index contributed by atoms with van der Waals surface area (Å²) in [7, 11) is 0. The number of hydrogen-bond acceptors (Lipinski definition) is 3. The van der Waals surface area contributed by atoms with Crippen LogP contribution < -0.4 is 5.73 Å². The minimum atomic E-state index is -0.368. The third-order valence-corrected chi connectivity index (χ3v) is 5.88. The molecule has 0 saturated carbocycles. The van der Waals surface area contributed by atoms with Crippen LogP contribution >= 0.6 is 0 Å². The van der Waals surface area contributed by atoms with E-state index in [1.807, 2.05) is 52.3 Å². The van der Waals surface area contributed by atoms with Crippen molar-refractivity contribution in [3.63, 3.8) is 0 Å². The minimum Gasteiger partial charge on any atom is -0.336 e. The summed E-state index contributed by atoms with van der Waals surface area (Å²) in [6.07, 6.45) is 2.55. The van der Waals surface area contributed by atoms with Crippen molar-refractivity contribution in [3.8, 4) is 0 Å². The highest BCUT2D eigenvalue weighted by Crippen LogP contribution is 2.38. The molecule has 1 saturated heterocycles. The molecule has 2 aliphatic rings. The second-order valence-corrected chi connectivity index (χ2v) is 7.55. The van der Waals surface area contributed by atoms with E-state index in [1.54, 1.807) is 0 Å². The lowest BCUT2D eigenvalue weighted by molar-refractivity contribution is -0.140. The molecular formula is C22H25N3O2. The fourth-order valence-corrected chi connectivity index (χ4v) is 4.55. The Balaban J connectivity index is 1.66. The maximum absolute atomic E-state index is 13.0. The van der Waals surface area contributed by atoms with Gasteiger partial charge in [0.1, 0.15) is 0 Å². The summed E-state index contributed by atoms with van der Waals surface area (Å²) < 4.78 is 0. The van der Waals surface area contributed by atoms with E-state index in [2.05, 4.69) is 12.1 Å². The highest BCUT2D eigenvalue weighted by Gasteiger charge is 2.46. The van der Waals surface area contributed by atoms with Gasteiger partial charge in [0.2, 0.25) is 5.91 Å².